The second-order valence-corrected chi connectivity index (χ2v) is 6.18. The maximum absolute atomic E-state index is 12.5. The number of benzene rings is 1. The lowest BCUT2D eigenvalue weighted by atomic mass is 10.1. The van der Waals surface area contributed by atoms with Crippen LogP contribution in [-0.2, 0) is 4.74 Å². The molecule has 0 unspecified atom stereocenters. The number of nitrogens with one attached hydrogen (secondary N) is 2. The minimum atomic E-state index is -0.258. The molecule has 1 amide bonds. The van der Waals surface area contributed by atoms with Crippen LogP contribution in [0.1, 0.15) is 17.3 Å². The van der Waals surface area contributed by atoms with E-state index in [-0.39, 0.29) is 23.6 Å². The van der Waals surface area contributed by atoms with Gasteiger partial charge in [0.25, 0.3) is 11.5 Å². The van der Waals surface area contributed by atoms with Gasteiger partial charge in [0.2, 0.25) is 0 Å². The van der Waals surface area contributed by atoms with Crippen molar-refractivity contribution in [1.82, 2.24) is 20.2 Å². The molecule has 0 radical (unpaired) electrons. The minimum absolute atomic E-state index is 0.0127. The highest BCUT2D eigenvalue weighted by Crippen LogP contribution is 2.17. The van der Waals surface area contributed by atoms with Gasteiger partial charge in [0.15, 0.2) is 0 Å². The van der Waals surface area contributed by atoms with Crippen LogP contribution in [0.25, 0.3) is 11.3 Å². The topological polar surface area (TPSA) is 87.3 Å². The first kappa shape index (κ1) is 17.3. The maximum Gasteiger partial charge on any atom is 0.266 e. The number of carbonyl (C=O) groups excluding carboxylic acids is 1. The van der Waals surface area contributed by atoms with Crippen molar-refractivity contribution in [2.45, 2.75) is 19.1 Å². The lowest BCUT2D eigenvalue weighted by Crippen LogP contribution is -2.43. The molecule has 1 fully saturated rings. The van der Waals surface area contributed by atoms with Gasteiger partial charge in [-0.1, -0.05) is 12.1 Å². The van der Waals surface area contributed by atoms with Crippen molar-refractivity contribution < 1.29 is 9.53 Å². The molecular formula is C18H22N4O3. The quantitative estimate of drug-likeness (QED) is 0.842. The number of amides is 1. The molecule has 132 valence electrons. The summed E-state index contributed by atoms with van der Waals surface area (Å²) in [4.78, 5) is 32.6. The van der Waals surface area contributed by atoms with E-state index < -0.39 is 0 Å². The number of H-pyrrole nitrogens is 1. The Hall–Kier alpha value is -2.51. The molecule has 1 saturated heterocycles. The largest absolute Gasteiger partial charge is 0.375 e. The Labute approximate surface area is 146 Å². The third-order valence-electron chi connectivity index (χ3n) is 4.26. The van der Waals surface area contributed by atoms with Crippen molar-refractivity contribution in [3.05, 3.63) is 52.6 Å². The molecule has 2 N–H and O–H groups in total. The molecule has 0 spiro atoms. The normalized spacial score (nSPS) is 20.6. The van der Waals surface area contributed by atoms with Crippen molar-refractivity contribution in [2.24, 2.45) is 0 Å². The lowest BCUT2D eigenvalue weighted by Gasteiger charge is -2.19. The van der Waals surface area contributed by atoms with Crippen LogP contribution < -0.4 is 10.9 Å². The van der Waals surface area contributed by atoms with E-state index in [2.05, 4.69) is 20.2 Å². The van der Waals surface area contributed by atoms with Crippen molar-refractivity contribution in [1.29, 1.82) is 0 Å². The average Bonchev–Trinajstić information content (AvgIpc) is 2.94. The zero-order valence-corrected chi connectivity index (χ0v) is 14.4. The number of aromatic amines is 1. The van der Waals surface area contributed by atoms with Gasteiger partial charge in [0, 0.05) is 25.3 Å². The molecule has 7 heteroatoms. The lowest BCUT2D eigenvalue weighted by molar-refractivity contribution is 0.0513. The van der Waals surface area contributed by atoms with Gasteiger partial charge in [-0.15, -0.1) is 0 Å². The number of aromatic nitrogens is 2. The average molecular weight is 342 g/mol. The van der Waals surface area contributed by atoms with Gasteiger partial charge in [-0.05, 0) is 31.7 Å². The van der Waals surface area contributed by atoms with Crippen molar-refractivity contribution in [2.75, 3.05) is 26.7 Å². The van der Waals surface area contributed by atoms with E-state index >= 15 is 0 Å². The summed E-state index contributed by atoms with van der Waals surface area (Å²) in [7, 11) is 2.02. The van der Waals surface area contributed by atoms with Crippen LogP contribution in [0.2, 0.25) is 0 Å². The second-order valence-electron chi connectivity index (χ2n) is 6.18. The van der Waals surface area contributed by atoms with Crippen LogP contribution in [0.3, 0.4) is 0 Å². The molecule has 1 aliphatic heterocycles. The minimum Gasteiger partial charge on any atom is -0.375 e. The Morgan fingerprint density at radius 1 is 1.32 bits per heavy atom. The zero-order chi connectivity index (χ0) is 17.8. The third-order valence-corrected chi connectivity index (χ3v) is 4.26. The van der Waals surface area contributed by atoms with Crippen LogP contribution in [0.5, 0.6) is 0 Å². The van der Waals surface area contributed by atoms with E-state index in [0.717, 1.165) is 18.7 Å². The summed E-state index contributed by atoms with van der Waals surface area (Å²) >= 11 is 0. The monoisotopic (exact) mass is 342 g/mol. The predicted molar refractivity (Wildman–Crippen MR) is 94.5 cm³/mol. The fraction of sp³-hybridized carbons (Fsp3) is 0.389. The number of carbonyl (C=O) groups is 1. The van der Waals surface area contributed by atoms with Crippen LogP contribution in [0.15, 0.2) is 41.5 Å². The molecule has 0 aliphatic carbocycles. The maximum atomic E-state index is 12.5. The summed E-state index contributed by atoms with van der Waals surface area (Å²) in [5.41, 5.74) is 1.73. The van der Waals surface area contributed by atoms with Gasteiger partial charge in [-0.25, -0.2) is 0 Å². The Balaban J connectivity index is 1.69. The van der Waals surface area contributed by atoms with Gasteiger partial charge in [-0.3, -0.25) is 14.6 Å². The smallest absolute Gasteiger partial charge is 0.266 e. The van der Waals surface area contributed by atoms with Crippen LogP contribution in [0.4, 0.5) is 0 Å². The Bertz CT molecular complexity index is 787. The van der Waals surface area contributed by atoms with Gasteiger partial charge in [0.05, 0.1) is 30.2 Å². The van der Waals surface area contributed by atoms with E-state index in [1.165, 1.54) is 6.20 Å². The van der Waals surface area contributed by atoms with E-state index in [1.54, 1.807) is 30.5 Å². The van der Waals surface area contributed by atoms with Gasteiger partial charge >= 0.3 is 0 Å². The molecule has 2 heterocycles. The predicted octanol–water partition coefficient (Wildman–Crippen LogP) is 0.886. The molecule has 0 bridgehead atoms. The number of ether oxygens (including phenoxy) is 1. The number of likely N-dealkylation sites (tertiary alicyclic amines) is 1. The van der Waals surface area contributed by atoms with Crippen molar-refractivity contribution >= 4 is 5.91 Å². The first-order valence-electron chi connectivity index (χ1n) is 8.32. The molecule has 7 nitrogen and oxygen atoms in total. The number of nitrogens with zero attached hydrogens (tertiary/aromatic N) is 2. The van der Waals surface area contributed by atoms with E-state index in [0.29, 0.717) is 17.9 Å². The Morgan fingerprint density at radius 3 is 2.76 bits per heavy atom. The number of hydrogen-bond acceptors (Lipinski definition) is 5. The van der Waals surface area contributed by atoms with Crippen molar-refractivity contribution in [3.63, 3.8) is 0 Å². The SMILES string of the molecule is CCO[C@H]1CN(C)C[C@@H]1NC(=O)c1ccc(-c2cncc(=O)[nH]2)cc1. The molecule has 1 aliphatic rings. The fourth-order valence-electron chi connectivity index (χ4n) is 3.06. The van der Waals surface area contributed by atoms with Gasteiger partial charge < -0.3 is 19.9 Å². The summed E-state index contributed by atoms with van der Waals surface area (Å²) in [6, 6.07) is 7.05. The molecule has 3 rings (SSSR count). The number of hydrogen-bond donors (Lipinski definition) is 2. The molecule has 1 aromatic heterocycles. The first-order chi connectivity index (χ1) is 12.1. The van der Waals surface area contributed by atoms with Gasteiger partial charge in [-0.2, -0.15) is 0 Å². The summed E-state index contributed by atoms with van der Waals surface area (Å²) < 4.78 is 5.71. The van der Waals surface area contributed by atoms with Crippen LogP contribution in [0, 0.1) is 0 Å². The standard InChI is InChI=1S/C18H22N4O3/c1-3-25-16-11-22(2)10-15(16)21-18(24)13-6-4-12(5-7-13)14-8-19-9-17(23)20-14/h4-9,15-16H,3,10-11H2,1-2H3,(H,20,23)(H,21,24)/t15-,16-/m0/s1. The zero-order valence-electron chi connectivity index (χ0n) is 14.4. The van der Waals surface area contributed by atoms with E-state index in [4.69, 9.17) is 4.74 Å². The summed E-state index contributed by atoms with van der Waals surface area (Å²) in [6.45, 7) is 4.17. The van der Waals surface area contributed by atoms with E-state index in [9.17, 15) is 9.59 Å². The summed E-state index contributed by atoms with van der Waals surface area (Å²) in [5, 5.41) is 3.05. The molecule has 25 heavy (non-hydrogen) atoms. The van der Waals surface area contributed by atoms with Crippen molar-refractivity contribution in [3.8, 4) is 11.3 Å². The summed E-state index contributed by atoms with van der Waals surface area (Å²) in [5.74, 6) is -0.128. The van der Waals surface area contributed by atoms with E-state index in [1.807, 2.05) is 14.0 Å². The third kappa shape index (κ3) is 4.12. The molecule has 1 aromatic carbocycles. The fourth-order valence-corrected chi connectivity index (χ4v) is 3.06. The van der Waals surface area contributed by atoms with Crippen LogP contribution >= 0.6 is 0 Å². The molecular weight excluding hydrogens is 320 g/mol. The highest BCUT2D eigenvalue weighted by molar-refractivity contribution is 5.94. The number of rotatable bonds is 5. The molecule has 2 aromatic rings. The first-order valence-corrected chi connectivity index (χ1v) is 8.32. The van der Waals surface area contributed by atoms with Crippen LogP contribution in [-0.4, -0.2) is 59.7 Å². The Morgan fingerprint density at radius 2 is 2.08 bits per heavy atom. The second kappa shape index (κ2) is 7.58. The van der Waals surface area contributed by atoms with Gasteiger partial charge in [0.1, 0.15) is 0 Å². The Kier molecular flexibility index (Phi) is 5.25. The number of likely N-dealkylation sites (N-methyl/N-ethyl adjacent to an activating group) is 1. The highest BCUT2D eigenvalue weighted by Gasteiger charge is 2.32. The molecule has 0 saturated carbocycles. The summed E-state index contributed by atoms with van der Waals surface area (Å²) in [6.07, 6.45) is 2.81. The molecule has 2 atom stereocenters. The highest BCUT2D eigenvalue weighted by atomic mass is 16.5.